The Balaban J connectivity index is 1.45. The van der Waals surface area contributed by atoms with Crippen LogP contribution < -0.4 is 10.6 Å². The average Bonchev–Trinajstić information content (AvgIpc) is 3.07. The molecule has 24 heavy (non-hydrogen) atoms. The van der Waals surface area contributed by atoms with Crippen molar-refractivity contribution >= 4 is 34.3 Å². The Morgan fingerprint density at radius 2 is 2.08 bits per heavy atom. The summed E-state index contributed by atoms with van der Waals surface area (Å²) in [7, 11) is 0. The molecule has 122 valence electrons. The van der Waals surface area contributed by atoms with Crippen molar-refractivity contribution in [3.63, 3.8) is 0 Å². The number of nitrogens with one attached hydrogen (secondary N) is 2. The smallest absolute Gasteiger partial charge is 0.253 e. The summed E-state index contributed by atoms with van der Waals surface area (Å²) in [4.78, 5) is 17.0. The van der Waals surface area contributed by atoms with Gasteiger partial charge in [-0.25, -0.2) is 4.98 Å². The summed E-state index contributed by atoms with van der Waals surface area (Å²) in [5.74, 6) is -0.00200. The number of thiazole rings is 1. The van der Waals surface area contributed by atoms with E-state index in [-0.39, 0.29) is 5.91 Å². The minimum atomic E-state index is -0.00200. The second kappa shape index (κ2) is 6.75. The molecule has 2 N–H and O–H groups in total. The lowest BCUT2D eigenvalue weighted by molar-refractivity contribution is 0.0952. The van der Waals surface area contributed by atoms with Crippen LogP contribution in [0.3, 0.4) is 0 Å². The summed E-state index contributed by atoms with van der Waals surface area (Å²) in [6.45, 7) is 0.606. The first-order valence-electron chi connectivity index (χ1n) is 7.90. The molecule has 4 nitrogen and oxygen atoms in total. The predicted octanol–water partition coefficient (Wildman–Crippen LogP) is 4.38. The number of thiophene rings is 1. The van der Waals surface area contributed by atoms with Crippen LogP contribution in [0.15, 0.2) is 46.5 Å². The van der Waals surface area contributed by atoms with Gasteiger partial charge in [-0.3, -0.25) is 4.79 Å². The fraction of sp³-hybridized carbons (Fsp3) is 0.222. The molecule has 1 aromatic carbocycles. The zero-order chi connectivity index (χ0) is 16.4. The van der Waals surface area contributed by atoms with Crippen molar-refractivity contribution in [2.45, 2.75) is 25.4 Å². The molecule has 0 unspecified atom stereocenters. The number of amides is 1. The number of benzene rings is 1. The first-order valence-corrected chi connectivity index (χ1v) is 9.72. The van der Waals surface area contributed by atoms with Gasteiger partial charge in [0.2, 0.25) is 0 Å². The summed E-state index contributed by atoms with van der Waals surface area (Å²) in [5, 5.41) is 13.6. The van der Waals surface area contributed by atoms with Crippen molar-refractivity contribution in [2.75, 3.05) is 5.32 Å². The Kier molecular flexibility index (Phi) is 4.32. The lowest BCUT2D eigenvalue weighted by Gasteiger charge is -2.11. The van der Waals surface area contributed by atoms with E-state index in [1.165, 1.54) is 5.56 Å². The molecule has 0 bridgehead atoms. The van der Waals surface area contributed by atoms with Gasteiger partial charge in [0.05, 0.1) is 17.8 Å². The van der Waals surface area contributed by atoms with Gasteiger partial charge < -0.3 is 10.6 Å². The SMILES string of the molecule is O=C(NC1CC1)c1ccccc1NCc1csc(-c2ccsc2)n1. The summed E-state index contributed by atoms with van der Waals surface area (Å²) in [5.41, 5.74) is 3.69. The average molecular weight is 355 g/mol. The molecule has 2 aromatic heterocycles. The van der Waals surface area contributed by atoms with Crippen LogP contribution in [0, 0.1) is 0 Å². The zero-order valence-corrected chi connectivity index (χ0v) is 14.6. The Morgan fingerprint density at radius 3 is 2.88 bits per heavy atom. The fourth-order valence-corrected chi connectivity index (χ4v) is 3.95. The third-order valence-corrected chi connectivity index (χ3v) is 5.49. The van der Waals surface area contributed by atoms with Crippen LogP contribution in [0.1, 0.15) is 28.9 Å². The molecule has 3 aromatic rings. The standard InChI is InChI=1S/C18H17N3OS2/c22-17(20-13-5-6-13)15-3-1-2-4-16(15)19-9-14-11-24-18(21-14)12-7-8-23-10-12/h1-4,7-8,10-11,13,19H,5-6,9H2,(H,20,22). The third kappa shape index (κ3) is 3.49. The maximum Gasteiger partial charge on any atom is 0.253 e. The fourth-order valence-electron chi connectivity index (χ4n) is 2.42. The van der Waals surface area contributed by atoms with Crippen molar-refractivity contribution < 1.29 is 4.79 Å². The number of carbonyl (C=O) groups excluding carboxylic acids is 1. The van der Waals surface area contributed by atoms with Crippen molar-refractivity contribution in [1.29, 1.82) is 0 Å². The van der Waals surface area contributed by atoms with Crippen LogP contribution >= 0.6 is 22.7 Å². The minimum absolute atomic E-state index is 0.00200. The summed E-state index contributed by atoms with van der Waals surface area (Å²) in [6, 6.07) is 10.1. The second-order valence-electron chi connectivity index (χ2n) is 5.80. The molecule has 1 fully saturated rings. The topological polar surface area (TPSA) is 54.0 Å². The lowest BCUT2D eigenvalue weighted by atomic mass is 10.1. The molecule has 1 saturated carbocycles. The first kappa shape index (κ1) is 15.4. The van der Waals surface area contributed by atoms with Gasteiger partial charge in [-0.2, -0.15) is 11.3 Å². The molecular weight excluding hydrogens is 338 g/mol. The Hall–Kier alpha value is -2.18. The van der Waals surface area contributed by atoms with Gasteiger partial charge in [0.15, 0.2) is 0 Å². The molecule has 0 atom stereocenters. The van der Waals surface area contributed by atoms with E-state index < -0.39 is 0 Å². The number of para-hydroxylation sites is 1. The van der Waals surface area contributed by atoms with Crippen LogP contribution in [-0.4, -0.2) is 16.9 Å². The molecule has 1 aliphatic carbocycles. The summed E-state index contributed by atoms with van der Waals surface area (Å²) in [6.07, 6.45) is 2.18. The maximum atomic E-state index is 12.3. The normalized spacial score (nSPS) is 13.7. The van der Waals surface area contributed by atoms with E-state index in [9.17, 15) is 4.79 Å². The van der Waals surface area contributed by atoms with Gasteiger partial charge in [0, 0.05) is 28.1 Å². The largest absolute Gasteiger partial charge is 0.379 e. The van der Waals surface area contributed by atoms with Gasteiger partial charge in [-0.15, -0.1) is 11.3 Å². The molecule has 0 saturated heterocycles. The van der Waals surface area contributed by atoms with Gasteiger partial charge in [-0.1, -0.05) is 12.1 Å². The lowest BCUT2D eigenvalue weighted by Crippen LogP contribution is -2.26. The van der Waals surface area contributed by atoms with Gasteiger partial charge >= 0.3 is 0 Å². The Bertz CT molecular complexity index is 838. The third-order valence-electron chi connectivity index (χ3n) is 3.86. The molecule has 0 aliphatic heterocycles. The second-order valence-corrected chi connectivity index (χ2v) is 7.44. The maximum absolute atomic E-state index is 12.3. The van der Waals surface area contributed by atoms with Crippen molar-refractivity contribution in [2.24, 2.45) is 0 Å². The monoisotopic (exact) mass is 355 g/mol. The first-order chi connectivity index (χ1) is 11.8. The van der Waals surface area contributed by atoms with Crippen LogP contribution in [-0.2, 0) is 6.54 Å². The molecule has 0 radical (unpaired) electrons. The minimum Gasteiger partial charge on any atom is -0.379 e. The highest BCUT2D eigenvalue weighted by molar-refractivity contribution is 7.14. The highest BCUT2D eigenvalue weighted by atomic mass is 32.1. The number of carbonyl (C=O) groups is 1. The molecule has 2 heterocycles. The quantitative estimate of drug-likeness (QED) is 0.690. The number of hydrogen-bond acceptors (Lipinski definition) is 5. The number of nitrogens with zero attached hydrogens (tertiary/aromatic N) is 1. The Labute approximate surface area is 148 Å². The number of rotatable bonds is 6. The number of hydrogen-bond donors (Lipinski definition) is 2. The summed E-state index contributed by atoms with van der Waals surface area (Å²) < 4.78 is 0. The number of aromatic nitrogens is 1. The molecule has 6 heteroatoms. The molecule has 0 spiro atoms. The van der Waals surface area contributed by atoms with E-state index >= 15 is 0 Å². The number of anilines is 1. The van der Waals surface area contributed by atoms with Gasteiger partial charge in [-0.05, 0) is 36.4 Å². The van der Waals surface area contributed by atoms with Crippen molar-refractivity contribution in [3.05, 3.63) is 57.7 Å². The summed E-state index contributed by atoms with van der Waals surface area (Å²) >= 11 is 3.32. The van der Waals surface area contributed by atoms with E-state index in [1.807, 2.05) is 24.3 Å². The van der Waals surface area contributed by atoms with E-state index in [1.54, 1.807) is 22.7 Å². The van der Waals surface area contributed by atoms with E-state index in [0.29, 0.717) is 18.2 Å². The Morgan fingerprint density at radius 1 is 1.21 bits per heavy atom. The molecule has 1 aliphatic rings. The van der Waals surface area contributed by atoms with Gasteiger partial charge in [0.25, 0.3) is 5.91 Å². The van der Waals surface area contributed by atoms with Gasteiger partial charge in [0.1, 0.15) is 5.01 Å². The van der Waals surface area contributed by atoms with Crippen LogP contribution in [0.5, 0.6) is 0 Å². The van der Waals surface area contributed by atoms with Crippen molar-refractivity contribution in [1.82, 2.24) is 10.3 Å². The van der Waals surface area contributed by atoms with Crippen LogP contribution in [0.4, 0.5) is 5.69 Å². The molecule has 1 amide bonds. The predicted molar refractivity (Wildman–Crippen MR) is 99.7 cm³/mol. The molecule has 4 rings (SSSR count). The molecular formula is C18H17N3OS2. The van der Waals surface area contributed by atoms with E-state index in [2.05, 4.69) is 37.8 Å². The van der Waals surface area contributed by atoms with Crippen molar-refractivity contribution in [3.8, 4) is 10.6 Å². The highest BCUT2D eigenvalue weighted by Crippen LogP contribution is 2.26. The van der Waals surface area contributed by atoms with Crippen LogP contribution in [0.2, 0.25) is 0 Å². The highest BCUT2D eigenvalue weighted by Gasteiger charge is 2.24. The van der Waals surface area contributed by atoms with Crippen LogP contribution in [0.25, 0.3) is 10.6 Å². The van der Waals surface area contributed by atoms with E-state index in [4.69, 9.17) is 0 Å². The zero-order valence-electron chi connectivity index (χ0n) is 13.0. The van der Waals surface area contributed by atoms with E-state index in [0.717, 1.165) is 29.2 Å².